The number of hydrogen-bond donors (Lipinski definition) is 1. The fourth-order valence-corrected chi connectivity index (χ4v) is 2.43. The number of nitrogens with zero attached hydrogens (tertiary/aromatic N) is 2. The van der Waals surface area contributed by atoms with Gasteiger partial charge in [-0.2, -0.15) is 4.98 Å². The van der Waals surface area contributed by atoms with Crippen molar-refractivity contribution in [2.24, 2.45) is 0 Å². The summed E-state index contributed by atoms with van der Waals surface area (Å²) in [7, 11) is 0. The van der Waals surface area contributed by atoms with Crippen LogP contribution in [-0.4, -0.2) is 10.1 Å². The first-order chi connectivity index (χ1) is 8.65. The van der Waals surface area contributed by atoms with Crippen LogP contribution in [0.4, 0.5) is 5.69 Å². The number of anilines is 1. The molecule has 0 amide bonds. The fourth-order valence-electron chi connectivity index (χ4n) is 1.94. The Labute approximate surface area is 114 Å². The Kier molecular flexibility index (Phi) is 2.92. The molecule has 0 aliphatic heterocycles. The van der Waals surface area contributed by atoms with E-state index >= 15 is 0 Å². The maximum atomic E-state index is 5.98. The molecular formula is C12H11Cl2N3O. The zero-order valence-electron chi connectivity index (χ0n) is 9.49. The second kappa shape index (κ2) is 4.44. The van der Waals surface area contributed by atoms with E-state index in [0.29, 0.717) is 33.1 Å². The van der Waals surface area contributed by atoms with Crippen molar-refractivity contribution in [3.63, 3.8) is 0 Å². The van der Waals surface area contributed by atoms with Gasteiger partial charge < -0.3 is 10.3 Å². The van der Waals surface area contributed by atoms with Crippen LogP contribution in [0, 0.1) is 0 Å². The van der Waals surface area contributed by atoms with Gasteiger partial charge in [0.2, 0.25) is 0 Å². The lowest BCUT2D eigenvalue weighted by molar-refractivity contribution is 0.366. The predicted octanol–water partition coefficient (Wildman–Crippen LogP) is 3.89. The topological polar surface area (TPSA) is 64.9 Å². The van der Waals surface area contributed by atoms with E-state index in [0.717, 1.165) is 18.7 Å². The summed E-state index contributed by atoms with van der Waals surface area (Å²) in [6.07, 6.45) is 3.45. The molecule has 4 nitrogen and oxygen atoms in total. The molecule has 1 aliphatic rings. The molecule has 18 heavy (non-hydrogen) atoms. The number of nitrogens with two attached hydrogens (primary N) is 1. The van der Waals surface area contributed by atoms with Crippen LogP contribution in [0.5, 0.6) is 0 Å². The van der Waals surface area contributed by atoms with Gasteiger partial charge in [-0.25, -0.2) is 0 Å². The Bertz CT molecular complexity index is 593. The zero-order chi connectivity index (χ0) is 12.7. The molecule has 1 heterocycles. The average Bonchev–Trinajstić information content (AvgIpc) is 2.70. The lowest BCUT2D eigenvalue weighted by Crippen LogP contribution is -2.10. The molecule has 1 aromatic heterocycles. The number of halogens is 2. The SMILES string of the molecule is Nc1c(Cl)cc(Cl)cc1-c1nc(C2CCC2)no1. The van der Waals surface area contributed by atoms with Crippen molar-refractivity contribution >= 4 is 28.9 Å². The molecule has 0 saturated heterocycles. The van der Waals surface area contributed by atoms with Gasteiger partial charge in [-0.3, -0.25) is 0 Å². The van der Waals surface area contributed by atoms with Crippen LogP contribution in [0.1, 0.15) is 31.0 Å². The number of benzene rings is 1. The summed E-state index contributed by atoms with van der Waals surface area (Å²) in [4.78, 5) is 4.37. The third-order valence-corrected chi connectivity index (χ3v) is 3.77. The van der Waals surface area contributed by atoms with Crippen LogP contribution >= 0.6 is 23.2 Å². The molecule has 0 unspecified atom stereocenters. The molecule has 1 saturated carbocycles. The van der Waals surface area contributed by atoms with E-state index in [1.54, 1.807) is 12.1 Å². The van der Waals surface area contributed by atoms with Gasteiger partial charge in [-0.05, 0) is 25.0 Å². The standard InChI is InChI=1S/C12H11Cl2N3O/c13-7-4-8(10(15)9(14)5-7)12-16-11(17-18-12)6-2-1-3-6/h4-6H,1-3,15H2. The van der Waals surface area contributed by atoms with Crippen molar-refractivity contribution in [1.29, 1.82) is 0 Å². The van der Waals surface area contributed by atoms with Gasteiger partial charge in [-0.15, -0.1) is 0 Å². The van der Waals surface area contributed by atoms with Crippen molar-refractivity contribution < 1.29 is 4.52 Å². The number of hydrogen-bond acceptors (Lipinski definition) is 4. The third kappa shape index (κ3) is 1.95. The van der Waals surface area contributed by atoms with E-state index in [-0.39, 0.29) is 0 Å². The Morgan fingerprint density at radius 3 is 2.72 bits per heavy atom. The highest BCUT2D eigenvalue weighted by Gasteiger charge is 2.25. The lowest BCUT2D eigenvalue weighted by atomic mass is 9.85. The van der Waals surface area contributed by atoms with Gasteiger partial charge in [-0.1, -0.05) is 34.8 Å². The van der Waals surface area contributed by atoms with E-state index in [1.807, 2.05) is 0 Å². The third-order valence-electron chi connectivity index (χ3n) is 3.24. The highest BCUT2D eigenvalue weighted by Crippen LogP contribution is 2.37. The summed E-state index contributed by atoms with van der Waals surface area (Å²) in [5, 5.41) is 4.87. The molecule has 1 aliphatic carbocycles. The highest BCUT2D eigenvalue weighted by molar-refractivity contribution is 6.37. The van der Waals surface area contributed by atoms with Crippen LogP contribution in [0.15, 0.2) is 16.7 Å². The first kappa shape index (κ1) is 11.8. The van der Waals surface area contributed by atoms with Gasteiger partial charge in [0.25, 0.3) is 5.89 Å². The molecule has 2 aromatic rings. The molecule has 2 N–H and O–H groups in total. The van der Waals surface area contributed by atoms with Gasteiger partial charge in [0.1, 0.15) is 0 Å². The predicted molar refractivity (Wildman–Crippen MR) is 70.8 cm³/mol. The summed E-state index contributed by atoms with van der Waals surface area (Å²) in [5.74, 6) is 1.53. The number of aromatic nitrogens is 2. The molecule has 3 rings (SSSR count). The molecule has 1 aromatic carbocycles. The van der Waals surface area contributed by atoms with Gasteiger partial charge in [0.05, 0.1) is 16.3 Å². The van der Waals surface area contributed by atoms with Crippen molar-refractivity contribution in [2.45, 2.75) is 25.2 Å². The molecule has 0 radical (unpaired) electrons. The highest BCUT2D eigenvalue weighted by atomic mass is 35.5. The summed E-state index contributed by atoms with van der Waals surface area (Å²) in [5.41, 5.74) is 6.89. The zero-order valence-corrected chi connectivity index (χ0v) is 11.0. The van der Waals surface area contributed by atoms with Crippen molar-refractivity contribution in [2.75, 3.05) is 5.73 Å². The minimum absolute atomic E-state index is 0.374. The minimum Gasteiger partial charge on any atom is -0.397 e. The Balaban J connectivity index is 2.01. The van der Waals surface area contributed by atoms with Crippen LogP contribution in [0.25, 0.3) is 11.5 Å². The molecule has 1 fully saturated rings. The van der Waals surface area contributed by atoms with E-state index in [2.05, 4.69) is 10.1 Å². The Morgan fingerprint density at radius 2 is 2.06 bits per heavy atom. The molecule has 0 atom stereocenters. The molecule has 6 heteroatoms. The second-order valence-electron chi connectivity index (χ2n) is 4.43. The first-order valence-corrected chi connectivity index (χ1v) is 6.49. The Hall–Kier alpha value is -1.26. The van der Waals surface area contributed by atoms with E-state index in [1.165, 1.54) is 6.42 Å². The quantitative estimate of drug-likeness (QED) is 0.849. The summed E-state index contributed by atoms with van der Waals surface area (Å²) >= 11 is 11.9. The fraction of sp³-hybridized carbons (Fsp3) is 0.333. The largest absolute Gasteiger partial charge is 0.397 e. The van der Waals surface area contributed by atoms with Crippen LogP contribution in [0.2, 0.25) is 10.0 Å². The van der Waals surface area contributed by atoms with Crippen LogP contribution < -0.4 is 5.73 Å². The maximum Gasteiger partial charge on any atom is 0.260 e. The van der Waals surface area contributed by atoms with Crippen molar-refractivity contribution in [3.8, 4) is 11.5 Å². The van der Waals surface area contributed by atoms with Gasteiger partial charge >= 0.3 is 0 Å². The van der Waals surface area contributed by atoms with Crippen LogP contribution in [-0.2, 0) is 0 Å². The summed E-state index contributed by atoms with van der Waals surface area (Å²) in [6.45, 7) is 0. The normalized spacial score (nSPS) is 15.7. The lowest BCUT2D eigenvalue weighted by Gasteiger charge is -2.20. The minimum atomic E-state index is 0.374. The summed E-state index contributed by atoms with van der Waals surface area (Å²) < 4.78 is 5.24. The monoisotopic (exact) mass is 283 g/mol. The molecule has 0 bridgehead atoms. The van der Waals surface area contributed by atoms with E-state index < -0.39 is 0 Å². The number of nitrogen functional groups attached to an aromatic ring is 1. The second-order valence-corrected chi connectivity index (χ2v) is 5.28. The van der Waals surface area contributed by atoms with Gasteiger partial charge in [0, 0.05) is 10.9 Å². The molecular weight excluding hydrogens is 273 g/mol. The smallest absolute Gasteiger partial charge is 0.260 e. The van der Waals surface area contributed by atoms with Gasteiger partial charge in [0.15, 0.2) is 5.82 Å². The molecule has 94 valence electrons. The Morgan fingerprint density at radius 1 is 1.28 bits per heavy atom. The average molecular weight is 284 g/mol. The van der Waals surface area contributed by atoms with Crippen molar-refractivity contribution in [1.82, 2.24) is 10.1 Å². The number of rotatable bonds is 2. The van der Waals surface area contributed by atoms with E-state index in [9.17, 15) is 0 Å². The summed E-state index contributed by atoms with van der Waals surface area (Å²) in [6, 6.07) is 3.27. The maximum absolute atomic E-state index is 5.98. The molecule has 0 spiro atoms. The first-order valence-electron chi connectivity index (χ1n) is 5.73. The van der Waals surface area contributed by atoms with Crippen LogP contribution in [0.3, 0.4) is 0 Å². The van der Waals surface area contributed by atoms with E-state index in [4.69, 9.17) is 33.5 Å². The van der Waals surface area contributed by atoms with Crippen molar-refractivity contribution in [3.05, 3.63) is 28.0 Å².